The third kappa shape index (κ3) is 5.95. The van der Waals surface area contributed by atoms with Gasteiger partial charge in [0.15, 0.2) is 17.6 Å². The fraction of sp³-hybridized carbons (Fsp3) is 0.500. The molecule has 2 saturated heterocycles. The lowest BCUT2D eigenvalue weighted by molar-refractivity contribution is 0.148. The maximum Gasteiger partial charge on any atom is 0.191 e. The van der Waals surface area contributed by atoms with E-state index in [0.29, 0.717) is 18.9 Å². The Morgan fingerprint density at radius 3 is 2.56 bits per heavy atom. The van der Waals surface area contributed by atoms with Crippen LogP contribution in [0.1, 0.15) is 17.5 Å². The van der Waals surface area contributed by atoms with Crippen LogP contribution in [0.2, 0.25) is 0 Å². The number of hydrogen-bond donors (Lipinski definition) is 2. The second-order valence-corrected chi connectivity index (χ2v) is 8.71. The maximum atomic E-state index is 14.0. The lowest BCUT2D eigenvalue weighted by Gasteiger charge is -2.32. The smallest absolute Gasteiger partial charge is 0.191 e. The van der Waals surface area contributed by atoms with Gasteiger partial charge in [0.05, 0.1) is 0 Å². The van der Waals surface area contributed by atoms with E-state index in [0.717, 1.165) is 51.6 Å². The van der Waals surface area contributed by atoms with E-state index >= 15 is 0 Å². The van der Waals surface area contributed by atoms with Crippen LogP contribution in [0.3, 0.4) is 0 Å². The second kappa shape index (κ2) is 10.7. The molecule has 1 aromatic heterocycles. The summed E-state index contributed by atoms with van der Waals surface area (Å²) in [6.45, 7) is 7.75. The molecule has 2 aromatic rings. The van der Waals surface area contributed by atoms with Crippen molar-refractivity contribution in [2.24, 2.45) is 4.99 Å². The predicted molar refractivity (Wildman–Crippen MR) is 127 cm³/mol. The Bertz CT molecular complexity index is 893. The topological polar surface area (TPSA) is 59.0 Å². The number of hydrogen-bond acceptors (Lipinski definition) is 5. The molecule has 2 N–H and O–H groups in total. The molecule has 0 amide bonds. The van der Waals surface area contributed by atoms with E-state index in [-0.39, 0.29) is 11.9 Å². The van der Waals surface area contributed by atoms with Crippen LogP contribution in [0.5, 0.6) is 0 Å². The number of nitrogens with zero attached hydrogens (tertiary/aromatic N) is 5. The number of nitrogens with one attached hydrogen (secondary N) is 2. The summed E-state index contributed by atoms with van der Waals surface area (Å²) in [6.07, 6.45) is 2.55. The molecule has 2 aliphatic rings. The summed E-state index contributed by atoms with van der Waals surface area (Å²) in [6, 6.07) is 12.1. The van der Waals surface area contributed by atoms with Crippen LogP contribution in [0.15, 0.2) is 47.6 Å². The minimum atomic E-state index is -0.272. The number of benzene rings is 1. The Kier molecular flexibility index (Phi) is 7.55. The van der Waals surface area contributed by atoms with Crippen molar-refractivity contribution >= 4 is 11.8 Å². The second-order valence-electron chi connectivity index (χ2n) is 8.71. The Balaban J connectivity index is 1.23. The van der Waals surface area contributed by atoms with Gasteiger partial charge in [0.2, 0.25) is 0 Å². The first-order valence-electron chi connectivity index (χ1n) is 11.4. The number of halogens is 1. The highest BCUT2D eigenvalue weighted by Gasteiger charge is 2.25. The molecule has 2 fully saturated rings. The van der Waals surface area contributed by atoms with E-state index in [1.165, 1.54) is 17.2 Å². The quantitative estimate of drug-likeness (QED) is 0.530. The molecule has 0 saturated carbocycles. The summed E-state index contributed by atoms with van der Waals surface area (Å²) in [4.78, 5) is 15.4. The minimum absolute atomic E-state index is 0.202. The molecule has 172 valence electrons. The molecule has 3 heterocycles. The first-order chi connectivity index (χ1) is 15.6. The highest BCUT2D eigenvalue weighted by atomic mass is 19.1. The first-order valence-corrected chi connectivity index (χ1v) is 11.4. The van der Waals surface area contributed by atoms with Gasteiger partial charge in [-0.1, -0.05) is 24.3 Å². The van der Waals surface area contributed by atoms with Crippen LogP contribution in [0.4, 0.5) is 10.2 Å². The van der Waals surface area contributed by atoms with Gasteiger partial charge in [-0.15, -0.1) is 0 Å². The molecule has 1 atom stereocenters. The van der Waals surface area contributed by atoms with Crippen LogP contribution < -0.4 is 15.5 Å². The SMILES string of the molecule is CN=C(NCc1ccc(CN2CCN(C)CC2)cc1)NC1CCN(c2ncccc2F)C1. The van der Waals surface area contributed by atoms with Crippen molar-refractivity contribution in [1.29, 1.82) is 0 Å². The van der Waals surface area contributed by atoms with Crippen LogP contribution in [-0.2, 0) is 13.1 Å². The van der Waals surface area contributed by atoms with E-state index in [2.05, 4.69) is 61.7 Å². The van der Waals surface area contributed by atoms with Crippen molar-refractivity contribution in [3.8, 4) is 0 Å². The number of rotatable bonds is 6. The van der Waals surface area contributed by atoms with Gasteiger partial charge in [-0.3, -0.25) is 9.89 Å². The van der Waals surface area contributed by atoms with Crippen molar-refractivity contribution < 1.29 is 4.39 Å². The highest BCUT2D eigenvalue weighted by molar-refractivity contribution is 5.80. The summed E-state index contributed by atoms with van der Waals surface area (Å²) in [5.74, 6) is 0.919. The molecule has 32 heavy (non-hydrogen) atoms. The van der Waals surface area contributed by atoms with Crippen molar-refractivity contribution in [3.63, 3.8) is 0 Å². The summed E-state index contributed by atoms with van der Waals surface area (Å²) in [7, 11) is 3.96. The van der Waals surface area contributed by atoms with Gasteiger partial charge in [-0.05, 0) is 36.7 Å². The third-order valence-corrected chi connectivity index (χ3v) is 6.28. The zero-order valence-electron chi connectivity index (χ0n) is 19.1. The highest BCUT2D eigenvalue weighted by Crippen LogP contribution is 2.20. The van der Waals surface area contributed by atoms with E-state index in [1.54, 1.807) is 19.3 Å². The third-order valence-electron chi connectivity index (χ3n) is 6.28. The van der Waals surface area contributed by atoms with Gasteiger partial charge in [0.1, 0.15) is 0 Å². The molecule has 0 radical (unpaired) electrons. The minimum Gasteiger partial charge on any atom is -0.352 e. The average molecular weight is 440 g/mol. The monoisotopic (exact) mass is 439 g/mol. The number of guanidine groups is 1. The molecule has 0 aliphatic carbocycles. The number of likely N-dealkylation sites (N-methyl/N-ethyl adjacent to an activating group) is 1. The Hall–Kier alpha value is -2.71. The molecule has 4 rings (SSSR count). The lowest BCUT2D eigenvalue weighted by Crippen LogP contribution is -2.44. The zero-order chi connectivity index (χ0) is 22.3. The Morgan fingerprint density at radius 1 is 1.09 bits per heavy atom. The summed E-state index contributed by atoms with van der Waals surface area (Å²) in [5, 5.41) is 6.86. The molecule has 0 spiro atoms. The molecule has 8 heteroatoms. The van der Waals surface area contributed by atoms with Gasteiger partial charge >= 0.3 is 0 Å². The Labute approximate surface area is 190 Å². The molecule has 0 bridgehead atoms. The molecule has 7 nitrogen and oxygen atoms in total. The van der Waals surface area contributed by atoms with Gasteiger partial charge in [0.25, 0.3) is 0 Å². The fourth-order valence-corrected chi connectivity index (χ4v) is 4.28. The van der Waals surface area contributed by atoms with Crippen molar-refractivity contribution in [2.45, 2.75) is 25.6 Å². The van der Waals surface area contributed by atoms with E-state index in [4.69, 9.17) is 0 Å². The lowest BCUT2D eigenvalue weighted by atomic mass is 10.1. The van der Waals surface area contributed by atoms with Crippen LogP contribution in [0.25, 0.3) is 0 Å². The van der Waals surface area contributed by atoms with E-state index < -0.39 is 0 Å². The van der Waals surface area contributed by atoms with Gasteiger partial charge in [-0.25, -0.2) is 9.37 Å². The number of aromatic nitrogens is 1. The summed E-state index contributed by atoms with van der Waals surface area (Å²) in [5.41, 5.74) is 2.58. The van der Waals surface area contributed by atoms with E-state index in [9.17, 15) is 4.39 Å². The first kappa shape index (κ1) is 22.5. The average Bonchev–Trinajstić information content (AvgIpc) is 3.27. The fourth-order valence-electron chi connectivity index (χ4n) is 4.28. The Morgan fingerprint density at radius 2 is 1.84 bits per heavy atom. The zero-order valence-corrected chi connectivity index (χ0v) is 19.1. The standard InChI is InChI=1S/C24H34FN7/c1-26-24(29-21-9-11-32(18-21)23-22(25)4-3-10-27-23)28-16-19-5-7-20(8-6-19)17-31-14-12-30(2)13-15-31/h3-8,10,21H,9,11-18H2,1-2H3,(H2,26,28,29). The molecule has 1 aromatic carbocycles. The molecular formula is C24H34FN7. The van der Waals surface area contributed by atoms with E-state index in [1.807, 2.05) is 4.90 Å². The van der Waals surface area contributed by atoms with Crippen molar-refractivity contribution in [3.05, 3.63) is 59.5 Å². The number of piperazine rings is 1. The van der Waals surface area contributed by atoms with Gasteiger partial charge < -0.3 is 20.4 Å². The van der Waals surface area contributed by atoms with Crippen molar-refractivity contribution in [1.82, 2.24) is 25.4 Å². The van der Waals surface area contributed by atoms with Crippen LogP contribution in [0, 0.1) is 5.82 Å². The normalized spacial score (nSPS) is 20.5. The molecule has 1 unspecified atom stereocenters. The van der Waals surface area contributed by atoms with Crippen LogP contribution >= 0.6 is 0 Å². The number of pyridine rings is 1. The predicted octanol–water partition coefficient (Wildman–Crippen LogP) is 1.91. The summed E-state index contributed by atoms with van der Waals surface area (Å²) >= 11 is 0. The van der Waals surface area contributed by atoms with Gasteiger partial charge in [-0.2, -0.15) is 0 Å². The van der Waals surface area contributed by atoms with Crippen molar-refractivity contribution in [2.75, 3.05) is 58.3 Å². The number of aliphatic imine (C=N–C) groups is 1. The van der Waals surface area contributed by atoms with Crippen LogP contribution in [-0.4, -0.2) is 80.1 Å². The number of anilines is 1. The molecule has 2 aliphatic heterocycles. The largest absolute Gasteiger partial charge is 0.352 e. The maximum absolute atomic E-state index is 14.0. The van der Waals surface area contributed by atoms with Gasteiger partial charge in [0, 0.05) is 71.6 Å². The summed E-state index contributed by atoms with van der Waals surface area (Å²) < 4.78 is 14.0. The molecular weight excluding hydrogens is 405 g/mol.